The Labute approximate surface area is 135 Å². The van der Waals surface area contributed by atoms with Gasteiger partial charge in [0.15, 0.2) is 0 Å². The molecule has 3 aromatic rings. The van der Waals surface area contributed by atoms with Gasteiger partial charge in [0.1, 0.15) is 5.82 Å². The van der Waals surface area contributed by atoms with E-state index in [1.165, 1.54) is 0 Å². The summed E-state index contributed by atoms with van der Waals surface area (Å²) >= 11 is 0. The van der Waals surface area contributed by atoms with Crippen molar-refractivity contribution in [2.24, 2.45) is 0 Å². The summed E-state index contributed by atoms with van der Waals surface area (Å²) in [6, 6.07) is 15.8. The lowest BCUT2D eigenvalue weighted by Gasteiger charge is -2.23. The topological polar surface area (TPSA) is 49.0 Å². The molecule has 1 aromatic heterocycles. The zero-order valence-corrected chi connectivity index (χ0v) is 13.1. The third kappa shape index (κ3) is 2.50. The molecule has 1 N–H and O–H groups in total. The zero-order chi connectivity index (χ0) is 15.8. The second kappa shape index (κ2) is 5.54. The lowest BCUT2D eigenvalue weighted by atomic mass is 10.1. The molecule has 1 amide bonds. The number of rotatable bonds is 2. The van der Waals surface area contributed by atoms with Gasteiger partial charge in [-0.3, -0.25) is 4.79 Å². The highest BCUT2D eigenvalue weighted by atomic mass is 16.2. The minimum atomic E-state index is 0.0382. The highest BCUT2D eigenvalue weighted by Gasteiger charge is 2.32. The lowest BCUT2D eigenvalue weighted by Crippen LogP contribution is -2.31. The first-order valence-electron chi connectivity index (χ1n) is 8.05. The number of carbonyl (C=O) groups is 1. The van der Waals surface area contributed by atoms with Crippen LogP contribution in [0.25, 0.3) is 11.0 Å². The number of likely N-dealkylation sites (tertiary alicyclic amines) is 1. The van der Waals surface area contributed by atoms with E-state index in [-0.39, 0.29) is 11.9 Å². The standard InChI is InChI=1S/C19H19N3O/c1-13-8-10-14(11-9-13)19(23)22-12-4-7-17(22)18-20-15-5-2-3-6-16(15)21-18/h2-3,5-6,8-11,17H,4,7,12H2,1H3,(H,20,21)/t17-/m0/s1. The van der Waals surface area contributed by atoms with Gasteiger partial charge in [-0.05, 0) is 44.0 Å². The van der Waals surface area contributed by atoms with Crippen molar-refractivity contribution in [2.75, 3.05) is 6.54 Å². The van der Waals surface area contributed by atoms with Crippen molar-refractivity contribution < 1.29 is 4.79 Å². The molecule has 0 bridgehead atoms. The monoisotopic (exact) mass is 305 g/mol. The summed E-state index contributed by atoms with van der Waals surface area (Å²) in [4.78, 5) is 22.9. The van der Waals surface area contributed by atoms with Crippen molar-refractivity contribution in [3.05, 3.63) is 65.5 Å². The number of hydrogen-bond donors (Lipinski definition) is 1. The Morgan fingerprint density at radius 3 is 2.74 bits per heavy atom. The highest BCUT2D eigenvalue weighted by Crippen LogP contribution is 2.32. The molecule has 4 rings (SSSR count). The maximum absolute atomic E-state index is 12.8. The van der Waals surface area contributed by atoms with Gasteiger partial charge in [0.2, 0.25) is 0 Å². The average molecular weight is 305 g/mol. The van der Waals surface area contributed by atoms with Crippen molar-refractivity contribution in [2.45, 2.75) is 25.8 Å². The second-order valence-corrected chi connectivity index (χ2v) is 6.16. The highest BCUT2D eigenvalue weighted by molar-refractivity contribution is 5.94. The lowest BCUT2D eigenvalue weighted by molar-refractivity contribution is 0.0730. The molecule has 4 nitrogen and oxygen atoms in total. The van der Waals surface area contributed by atoms with Crippen LogP contribution in [0.5, 0.6) is 0 Å². The van der Waals surface area contributed by atoms with Crippen molar-refractivity contribution in [3.63, 3.8) is 0 Å². The number of aromatic amines is 1. The van der Waals surface area contributed by atoms with E-state index in [2.05, 4.69) is 9.97 Å². The predicted molar refractivity (Wildman–Crippen MR) is 90.3 cm³/mol. The summed E-state index contributed by atoms with van der Waals surface area (Å²) in [5, 5.41) is 0. The van der Waals surface area contributed by atoms with E-state index >= 15 is 0 Å². The molecule has 0 spiro atoms. The molecule has 0 radical (unpaired) electrons. The molecule has 116 valence electrons. The van der Waals surface area contributed by atoms with E-state index < -0.39 is 0 Å². The van der Waals surface area contributed by atoms with Crippen molar-refractivity contribution in [3.8, 4) is 0 Å². The van der Waals surface area contributed by atoms with Crippen LogP contribution in [-0.2, 0) is 0 Å². The number of nitrogens with zero attached hydrogens (tertiary/aromatic N) is 2. The maximum atomic E-state index is 12.8. The Balaban J connectivity index is 1.65. The number of nitrogens with one attached hydrogen (secondary N) is 1. The molecule has 0 unspecified atom stereocenters. The number of benzene rings is 2. The summed E-state index contributed by atoms with van der Waals surface area (Å²) in [7, 11) is 0. The molecule has 0 aliphatic carbocycles. The molecule has 1 fully saturated rings. The van der Waals surface area contributed by atoms with E-state index in [4.69, 9.17) is 0 Å². The molecule has 2 aromatic carbocycles. The van der Waals surface area contributed by atoms with Crippen LogP contribution in [-0.4, -0.2) is 27.3 Å². The van der Waals surface area contributed by atoms with E-state index in [1.54, 1.807) is 0 Å². The minimum Gasteiger partial charge on any atom is -0.340 e. The molecule has 23 heavy (non-hydrogen) atoms. The molecule has 4 heteroatoms. The summed E-state index contributed by atoms with van der Waals surface area (Å²) in [6.45, 7) is 2.82. The Hall–Kier alpha value is -2.62. The van der Waals surface area contributed by atoms with Gasteiger partial charge in [0, 0.05) is 12.1 Å². The van der Waals surface area contributed by atoms with Gasteiger partial charge in [-0.25, -0.2) is 4.98 Å². The van der Waals surface area contributed by atoms with Crippen molar-refractivity contribution >= 4 is 16.9 Å². The predicted octanol–water partition coefficient (Wildman–Crippen LogP) is 3.85. The van der Waals surface area contributed by atoms with Gasteiger partial charge in [0.05, 0.1) is 17.1 Å². The molecule has 2 heterocycles. The minimum absolute atomic E-state index is 0.0382. The van der Waals surface area contributed by atoms with Crippen LogP contribution in [0, 0.1) is 6.92 Å². The number of amides is 1. The van der Waals surface area contributed by atoms with Crippen molar-refractivity contribution in [1.29, 1.82) is 0 Å². The van der Waals surface area contributed by atoms with Gasteiger partial charge in [-0.1, -0.05) is 29.8 Å². The van der Waals surface area contributed by atoms with Crippen LogP contribution in [0.3, 0.4) is 0 Å². The summed E-state index contributed by atoms with van der Waals surface area (Å²) in [5.74, 6) is 0.983. The second-order valence-electron chi connectivity index (χ2n) is 6.16. The normalized spacial score (nSPS) is 17.8. The van der Waals surface area contributed by atoms with Gasteiger partial charge >= 0.3 is 0 Å². The fourth-order valence-corrected chi connectivity index (χ4v) is 3.29. The number of para-hydroxylation sites is 2. The Kier molecular flexibility index (Phi) is 3.37. The number of aryl methyl sites for hydroxylation is 1. The first-order valence-corrected chi connectivity index (χ1v) is 8.05. The smallest absolute Gasteiger partial charge is 0.254 e. The third-order valence-corrected chi connectivity index (χ3v) is 4.54. The molecule has 1 atom stereocenters. The Morgan fingerprint density at radius 2 is 1.96 bits per heavy atom. The summed E-state index contributed by atoms with van der Waals surface area (Å²) in [6.07, 6.45) is 1.97. The van der Waals surface area contributed by atoms with Gasteiger partial charge in [-0.15, -0.1) is 0 Å². The van der Waals surface area contributed by atoms with E-state index in [0.29, 0.717) is 0 Å². The number of fused-ring (bicyclic) bond motifs is 1. The SMILES string of the molecule is Cc1ccc(C(=O)N2CCC[C@H]2c2nc3ccccc3[nH]2)cc1. The number of hydrogen-bond acceptors (Lipinski definition) is 2. The van der Waals surface area contributed by atoms with Gasteiger partial charge in [-0.2, -0.15) is 0 Å². The molecular formula is C19H19N3O. The maximum Gasteiger partial charge on any atom is 0.254 e. The van der Waals surface area contributed by atoms with E-state index in [1.807, 2.05) is 60.4 Å². The summed E-state index contributed by atoms with van der Waals surface area (Å²) in [5.41, 5.74) is 3.89. The van der Waals surface area contributed by atoms with Crippen LogP contribution in [0.15, 0.2) is 48.5 Å². The average Bonchev–Trinajstić information content (AvgIpc) is 3.21. The number of imidazole rings is 1. The van der Waals surface area contributed by atoms with Gasteiger partial charge < -0.3 is 9.88 Å². The molecule has 0 saturated carbocycles. The van der Waals surface area contributed by atoms with Gasteiger partial charge in [0.25, 0.3) is 5.91 Å². The zero-order valence-electron chi connectivity index (χ0n) is 13.1. The molecule has 1 saturated heterocycles. The Morgan fingerprint density at radius 1 is 1.17 bits per heavy atom. The summed E-state index contributed by atoms with van der Waals surface area (Å²) < 4.78 is 0. The fourth-order valence-electron chi connectivity index (χ4n) is 3.29. The molecule has 1 aliphatic heterocycles. The Bertz CT molecular complexity index is 817. The van der Waals surface area contributed by atoms with E-state index in [0.717, 1.165) is 47.4 Å². The number of aromatic nitrogens is 2. The van der Waals surface area contributed by atoms with Crippen molar-refractivity contribution in [1.82, 2.24) is 14.9 Å². The number of H-pyrrole nitrogens is 1. The number of carbonyl (C=O) groups excluding carboxylic acids is 1. The van der Waals surface area contributed by atoms with Crippen LogP contribution >= 0.6 is 0 Å². The first kappa shape index (κ1) is 14.0. The molecular weight excluding hydrogens is 286 g/mol. The van der Waals surface area contributed by atoms with Crippen LogP contribution in [0.2, 0.25) is 0 Å². The first-order chi connectivity index (χ1) is 11.2. The largest absolute Gasteiger partial charge is 0.340 e. The van der Waals surface area contributed by atoms with Crippen LogP contribution < -0.4 is 0 Å². The molecule has 1 aliphatic rings. The fraction of sp³-hybridized carbons (Fsp3) is 0.263. The quantitative estimate of drug-likeness (QED) is 0.782. The van der Waals surface area contributed by atoms with Crippen LogP contribution in [0.4, 0.5) is 0 Å². The van der Waals surface area contributed by atoms with Crippen LogP contribution in [0.1, 0.15) is 40.6 Å². The third-order valence-electron chi connectivity index (χ3n) is 4.54. The van der Waals surface area contributed by atoms with E-state index in [9.17, 15) is 4.79 Å².